The lowest BCUT2D eigenvalue weighted by Gasteiger charge is -2.36. The van der Waals surface area contributed by atoms with E-state index in [-0.39, 0.29) is 12.2 Å². The van der Waals surface area contributed by atoms with Gasteiger partial charge < -0.3 is 19.9 Å². The van der Waals surface area contributed by atoms with Crippen molar-refractivity contribution in [1.82, 2.24) is 5.32 Å². The third-order valence-corrected chi connectivity index (χ3v) is 2.83. The molecule has 0 saturated carbocycles. The minimum absolute atomic E-state index is 0.0172. The van der Waals surface area contributed by atoms with E-state index in [0.29, 0.717) is 12.6 Å². The zero-order chi connectivity index (χ0) is 11.9. The van der Waals surface area contributed by atoms with Gasteiger partial charge in [0.1, 0.15) is 0 Å². The Labute approximate surface area is 98.3 Å². The summed E-state index contributed by atoms with van der Waals surface area (Å²) >= 11 is 0. The van der Waals surface area contributed by atoms with Crippen LogP contribution >= 0.6 is 0 Å². The molecule has 2 N–H and O–H groups in total. The summed E-state index contributed by atoms with van der Waals surface area (Å²) in [7, 11) is 0. The molecule has 96 valence electrons. The molecular formula is C12H25NO3. The Balaban J connectivity index is 2.00. The lowest BCUT2D eigenvalue weighted by atomic mass is 9.94. The normalized spacial score (nSPS) is 24.6. The molecule has 1 aliphatic rings. The zero-order valence-electron chi connectivity index (χ0n) is 10.5. The van der Waals surface area contributed by atoms with Crippen LogP contribution < -0.4 is 5.32 Å². The maximum absolute atomic E-state index is 8.53. The molecule has 1 heterocycles. The van der Waals surface area contributed by atoms with Crippen LogP contribution in [0.25, 0.3) is 0 Å². The van der Waals surface area contributed by atoms with Crippen molar-refractivity contribution in [2.24, 2.45) is 0 Å². The van der Waals surface area contributed by atoms with Crippen molar-refractivity contribution < 1.29 is 14.6 Å². The molecule has 0 radical (unpaired) electrons. The Morgan fingerprint density at radius 3 is 2.94 bits per heavy atom. The molecule has 1 atom stereocenters. The van der Waals surface area contributed by atoms with Crippen LogP contribution in [-0.2, 0) is 9.47 Å². The van der Waals surface area contributed by atoms with E-state index in [1.165, 1.54) is 0 Å². The van der Waals surface area contributed by atoms with Gasteiger partial charge in [-0.3, -0.25) is 0 Å². The number of hydrogen-bond donors (Lipinski definition) is 2. The van der Waals surface area contributed by atoms with E-state index in [2.05, 4.69) is 19.2 Å². The summed E-state index contributed by atoms with van der Waals surface area (Å²) in [5.74, 6) is 0. The highest BCUT2D eigenvalue weighted by Crippen LogP contribution is 2.23. The first-order valence-corrected chi connectivity index (χ1v) is 6.20. The molecule has 0 aromatic rings. The van der Waals surface area contributed by atoms with Crippen LogP contribution in [-0.4, -0.2) is 49.7 Å². The van der Waals surface area contributed by atoms with E-state index in [0.717, 1.165) is 39.0 Å². The Morgan fingerprint density at radius 2 is 2.25 bits per heavy atom. The highest BCUT2D eigenvalue weighted by atomic mass is 16.5. The van der Waals surface area contributed by atoms with E-state index < -0.39 is 0 Å². The molecule has 0 aromatic heterocycles. The molecular weight excluding hydrogens is 206 g/mol. The van der Waals surface area contributed by atoms with Crippen molar-refractivity contribution in [3.05, 3.63) is 0 Å². The highest BCUT2D eigenvalue weighted by Gasteiger charge is 2.28. The summed E-state index contributed by atoms with van der Waals surface area (Å²) < 4.78 is 10.9. The van der Waals surface area contributed by atoms with Gasteiger partial charge in [-0.25, -0.2) is 0 Å². The molecule has 4 nitrogen and oxygen atoms in total. The maximum atomic E-state index is 8.53. The van der Waals surface area contributed by atoms with Gasteiger partial charge >= 0.3 is 0 Å². The Kier molecular flexibility index (Phi) is 6.28. The Hall–Kier alpha value is -0.160. The lowest BCUT2D eigenvalue weighted by Crippen LogP contribution is -2.44. The van der Waals surface area contributed by atoms with Crippen molar-refractivity contribution >= 4 is 0 Å². The fourth-order valence-corrected chi connectivity index (χ4v) is 2.05. The topological polar surface area (TPSA) is 50.7 Å². The standard InChI is InChI=1S/C12H25NO3/c1-12(2)10-11(4-8-16-12)13-5-3-7-15-9-6-14/h11,13-14H,3-10H2,1-2H3. The van der Waals surface area contributed by atoms with Crippen LogP contribution in [0.5, 0.6) is 0 Å². The van der Waals surface area contributed by atoms with Gasteiger partial charge in [0.2, 0.25) is 0 Å². The summed E-state index contributed by atoms with van der Waals surface area (Å²) in [6, 6.07) is 0.571. The molecule has 0 amide bonds. The van der Waals surface area contributed by atoms with Crippen molar-refractivity contribution in [2.75, 3.05) is 33.0 Å². The van der Waals surface area contributed by atoms with Gasteiger partial charge in [-0.05, 0) is 39.7 Å². The van der Waals surface area contributed by atoms with Gasteiger partial charge in [0.05, 0.1) is 18.8 Å². The second kappa shape index (κ2) is 7.22. The SMILES string of the molecule is CC1(C)CC(NCCCOCCO)CCO1. The number of ether oxygens (including phenoxy) is 2. The molecule has 1 rings (SSSR count). The first-order valence-electron chi connectivity index (χ1n) is 6.20. The molecule has 0 aromatic carbocycles. The second-order valence-electron chi connectivity index (χ2n) is 4.94. The summed E-state index contributed by atoms with van der Waals surface area (Å²) in [6.45, 7) is 7.40. The van der Waals surface area contributed by atoms with Crippen LogP contribution in [0.1, 0.15) is 33.1 Å². The van der Waals surface area contributed by atoms with Crippen LogP contribution in [0.2, 0.25) is 0 Å². The van der Waals surface area contributed by atoms with Crippen molar-refractivity contribution in [3.63, 3.8) is 0 Å². The van der Waals surface area contributed by atoms with Crippen molar-refractivity contribution in [1.29, 1.82) is 0 Å². The van der Waals surface area contributed by atoms with Gasteiger partial charge in [-0.2, -0.15) is 0 Å². The third kappa shape index (κ3) is 5.80. The number of aliphatic hydroxyl groups excluding tert-OH is 1. The highest BCUT2D eigenvalue weighted by molar-refractivity contribution is 4.82. The summed E-state index contributed by atoms with van der Waals surface area (Å²) in [5, 5.41) is 12.1. The van der Waals surface area contributed by atoms with Crippen LogP contribution in [0.4, 0.5) is 0 Å². The summed E-state index contributed by atoms with van der Waals surface area (Å²) in [4.78, 5) is 0. The summed E-state index contributed by atoms with van der Waals surface area (Å²) in [6.07, 6.45) is 3.17. The number of nitrogens with one attached hydrogen (secondary N) is 1. The predicted octanol–water partition coefficient (Wildman–Crippen LogP) is 0.933. The van der Waals surface area contributed by atoms with Crippen LogP contribution in [0.15, 0.2) is 0 Å². The van der Waals surface area contributed by atoms with Gasteiger partial charge in [0, 0.05) is 19.3 Å². The molecule has 0 bridgehead atoms. The molecule has 1 saturated heterocycles. The summed E-state index contributed by atoms with van der Waals surface area (Å²) in [5.41, 5.74) is 0.0172. The zero-order valence-corrected chi connectivity index (χ0v) is 10.5. The van der Waals surface area contributed by atoms with Gasteiger partial charge in [-0.1, -0.05) is 0 Å². The first-order chi connectivity index (χ1) is 7.64. The quantitative estimate of drug-likeness (QED) is 0.640. The van der Waals surface area contributed by atoms with Crippen LogP contribution in [0.3, 0.4) is 0 Å². The Bertz CT molecular complexity index is 185. The average molecular weight is 231 g/mol. The molecule has 16 heavy (non-hydrogen) atoms. The van der Waals surface area contributed by atoms with Gasteiger partial charge in [-0.15, -0.1) is 0 Å². The number of rotatable bonds is 7. The fraction of sp³-hybridized carbons (Fsp3) is 1.00. The monoisotopic (exact) mass is 231 g/mol. The van der Waals surface area contributed by atoms with Crippen LogP contribution in [0, 0.1) is 0 Å². The molecule has 0 spiro atoms. The Morgan fingerprint density at radius 1 is 1.44 bits per heavy atom. The smallest absolute Gasteiger partial charge is 0.0697 e. The minimum Gasteiger partial charge on any atom is -0.394 e. The molecule has 1 aliphatic heterocycles. The van der Waals surface area contributed by atoms with E-state index in [1.807, 2.05) is 0 Å². The molecule has 1 unspecified atom stereocenters. The van der Waals surface area contributed by atoms with E-state index in [9.17, 15) is 0 Å². The molecule has 1 fully saturated rings. The maximum Gasteiger partial charge on any atom is 0.0697 e. The van der Waals surface area contributed by atoms with Gasteiger partial charge in [0.15, 0.2) is 0 Å². The third-order valence-electron chi connectivity index (χ3n) is 2.83. The minimum atomic E-state index is 0.0172. The second-order valence-corrected chi connectivity index (χ2v) is 4.94. The van der Waals surface area contributed by atoms with Gasteiger partial charge in [0.25, 0.3) is 0 Å². The predicted molar refractivity (Wildman–Crippen MR) is 63.6 cm³/mol. The van der Waals surface area contributed by atoms with E-state index in [1.54, 1.807) is 0 Å². The lowest BCUT2D eigenvalue weighted by molar-refractivity contribution is -0.0629. The number of aliphatic hydroxyl groups is 1. The number of hydrogen-bond acceptors (Lipinski definition) is 4. The van der Waals surface area contributed by atoms with E-state index in [4.69, 9.17) is 14.6 Å². The van der Waals surface area contributed by atoms with Crippen molar-refractivity contribution in [2.45, 2.75) is 44.8 Å². The molecule has 0 aliphatic carbocycles. The van der Waals surface area contributed by atoms with E-state index >= 15 is 0 Å². The fourth-order valence-electron chi connectivity index (χ4n) is 2.05. The van der Waals surface area contributed by atoms with Crippen molar-refractivity contribution in [3.8, 4) is 0 Å². The average Bonchev–Trinajstić information content (AvgIpc) is 2.22. The largest absolute Gasteiger partial charge is 0.394 e. The first kappa shape index (κ1) is 13.9. The molecule has 4 heteroatoms.